The van der Waals surface area contributed by atoms with Crippen molar-refractivity contribution in [3.8, 4) is 0 Å². The van der Waals surface area contributed by atoms with Gasteiger partial charge in [-0.15, -0.1) is 0 Å². The van der Waals surface area contributed by atoms with E-state index in [1.807, 2.05) is 0 Å². The highest BCUT2D eigenvalue weighted by Gasteiger charge is 1.93. The topological polar surface area (TPSA) is 0 Å². The van der Waals surface area contributed by atoms with Gasteiger partial charge in [0.05, 0.1) is 0 Å². The van der Waals surface area contributed by atoms with Crippen LogP contribution in [0.25, 0.3) is 0 Å². The highest BCUT2D eigenvalue weighted by molar-refractivity contribution is 4.80. The quantitative estimate of drug-likeness (QED) is 0.187. The van der Waals surface area contributed by atoms with Crippen molar-refractivity contribution in [2.75, 3.05) is 0 Å². The minimum absolute atomic E-state index is 1.26. The van der Waals surface area contributed by atoms with E-state index >= 15 is 0 Å². The fourth-order valence-corrected chi connectivity index (χ4v) is 2.86. The van der Waals surface area contributed by atoms with Gasteiger partial charge in [-0.3, -0.25) is 0 Å². The van der Waals surface area contributed by atoms with Crippen molar-refractivity contribution in [3.63, 3.8) is 0 Å². The van der Waals surface area contributed by atoms with E-state index in [4.69, 9.17) is 0 Å². The molecule has 0 radical (unpaired) electrons. The molecule has 0 amide bonds. The number of unbranched alkanes of at least 4 members (excludes halogenated alkanes) is 15. The first-order chi connectivity index (χ1) is 10.4. The van der Waals surface area contributed by atoms with E-state index in [2.05, 4.69) is 26.0 Å². The van der Waals surface area contributed by atoms with Gasteiger partial charge in [0.1, 0.15) is 0 Å². The third-order valence-corrected chi connectivity index (χ3v) is 4.35. The van der Waals surface area contributed by atoms with Crippen LogP contribution < -0.4 is 0 Å². The van der Waals surface area contributed by atoms with Gasteiger partial charge in [-0.1, -0.05) is 116 Å². The largest absolute Gasteiger partial charge is 0.0885 e. The number of hydrogen-bond acceptors (Lipinski definition) is 0. The molecule has 0 heterocycles. The van der Waals surface area contributed by atoms with Crippen molar-refractivity contribution in [2.45, 2.75) is 123 Å². The molecule has 0 N–H and O–H groups in total. The van der Waals surface area contributed by atoms with Crippen molar-refractivity contribution >= 4 is 0 Å². The Morgan fingerprint density at radius 1 is 0.381 bits per heavy atom. The summed E-state index contributed by atoms with van der Waals surface area (Å²) in [4.78, 5) is 0. The molecule has 0 aromatic rings. The molecular weight excluding hydrogens is 252 g/mol. The molecule has 0 nitrogen and oxygen atoms in total. The summed E-state index contributed by atoms with van der Waals surface area (Å²) in [5, 5.41) is 0. The van der Waals surface area contributed by atoms with Crippen LogP contribution in [0, 0.1) is 0 Å². The first-order valence-electron chi connectivity index (χ1n) is 10.1. The molecule has 0 aliphatic heterocycles. The highest BCUT2D eigenvalue weighted by Crippen LogP contribution is 2.13. The average Bonchev–Trinajstić information content (AvgIpc) is 2.50. The smallest absolute Gasteiger partial charge is 0.0351 e. The number of rotatable bonds is 17. The van der Waals surface area contributed by atoms with Gasteiger partial charge in [0.2, 0.25) is 0 Å². The van der Waals surface area contributed by atoms with E-state index in [9.17, 15) is 0 Å². The minimum atomic E-state index is 1.26. The SMILES string of the molecule is CCC/C=C/CCCCCCCCCCCCCCCC. The molecule has 0 aromatic carbocycles. The van der Waals surface area contributed by atoms with Gasteiger partial charge in [0.25, 0.3) is 0 Å². The second-order valence-electron chi connectivity index (χ2n) is 6.64. The van der Waals surface area contributed by atoms with Crippen molar-refractivity contribution in [1.29, 1.82) is 0 Å². The molecule has 21 heavy (non-hydrogen) atoms. The zero-order chi connectivity index (χ0) is 15.4. The summed E-state index contributed by atoms with van der Waals surface area (Å²) in [6.07, 6.45) is 29.0. The molecule has 0 aromatic heterocycles. The maximum Gasteiger partial charge on any atom is -0.0351 e. The van der Waals surface area contributed by atoms with Crippen LogP contribution in [-0.4, -0.2) is 0 Å². The molecule has 126 valence electrons. The van der Waals surface area contributed by atoms with Crippen molar-refractivity contribution < 1.29 is 0 Å². The Balaban J connectivity index is 2.96. The lowest BCUT2D eigenvalue weighted by Gasteiger charge is -2.02. The van der Waals surface area contributed by atoms with Crippen LogP contribution in [0.5, 0.6) is 0 Å². The van der Waals surface area contributed by atoms with E-state index in [1.54, 1.807) is 0 Å². The molecular formula is C21H42. The summed E-state index contributed by atoms with van der Waals surface area (Å²) in [6.45, 7) is 4.54. The summed E-state index contributed by atoms with van der Waals surface area (Å²) in [6, 6.07) is 0. The second-order valence-corrected chi connectivity index (χ2v) is 6.64. The minimum Gasteiger partial charge on any atom is -0.0885 e. The van der Waals surface area contributed by atoms with Crippen LogP contribution in [0.15, 0.2) is 12.2 Å². The lowest BCUT2D eigenvalue weighted by Crippen LogP contribution is -1.83. The standard InChI is InChI=1S/C21H42/c1-3-5-7-9-11-13-15-17-19-21-20-18-16-14-12-10-8-6-4-2/h7,9H,3-6,8,10-21H2,1-2H3/b9-7+. The summed E-state index contributed by atoms with van der Waals surface area (Å²) in [5.74, 6) is 0. The van der Waals surface area contributed by atoms with Crippen molar-refractivity contribution in [1.82, 2.24) is 0 Å². The Morgan fingerprint density at radius 2 is 0.762 bits per heavy atom. The van der Waals surface area contributed by atoms with E-state index in [0.717, 1.165) is 0 Å². The first-order valence-corrected chi connectivity index (χ1v) is 10.1. The summed E-state index contributed by atoms with van der Waals surface area (Å²) in [7, 11) is 0. The zero-order valence-corrected chi connectivity index (χ0v) is 15.2. The lowest BCUT2D eigenvalue weighted by molar-refractivity contribution is 0.536. The summed E-state index contributed by atoms with van der Waals surface area (Å²) >= 11 is 0. The Kier molecular flexibility index (Phi) is 19.5. The summed E-state index contributed by atoms with van der Waals surface area (Å²) < 4.78 is 0. The zero-order valence-electron chi connectivity index (χ0n) is 15.2. The van der Waals surface area contributed by atoms with Gasteiger partial charge in [-0.25, -0.2) is 0 Å². The van der Waals surface area contributed by atoms with E-state index in [1.165, 1.54) is 109 Å². The van der Waals surface area contributed by atoms with E-state index < -0.39 is 0 Å². The van der Waals surface area contributed by atoms with Gasteiger partial charge in [0, 0.05) is 0 Å². The maximum absolute atomic E-state index is 2.38. The van der Waals surface area contributed by atoms with Gasteiger partial charge in [-0.2, -0.15) is 0 Å². The van der Waals surface area contributed by atoms with Crippen LogP contribution in [-0.2, 0) is 0 Å². The summed E-state index contributed by atoms with van der Waals surface area (Å²) in [5.41, 5.74) is 0. The molecule has 0 aliphatic rings. The second kappa shape index (κ2) is 19.7. The van der Waals surface area contributed by atoms with E-state index in [0.29, 0.717) is 0 Å². The monoisotopic (exact) mass is 294 g/mol. The first kappa shape index (κ1) is 20.7. The fourth-order valence-electron chi connectivity index (χ4n) is 2.86. The normalized spacial score (nSPS) is 11.5. The molecule has 0 saturated heterocycles. The lowest BCUT2D eigenvalue weighted by atomic mass is 10.0. The highest BCUT2D eigenvalue weighted by atomic mass is 14.0. The third-order valence-electron chi connectivity index (χ3n) is 4.35. The molecule has 0 spiro atoms. The Morgan fingerprint density at radius 3 is 1.19 bits per heavy atom. The molecule has 0 rings (SSSR count). The van der Waals surface area contributed by atoms with Crippen molar-refractivity contribution in [2.24, 2.45) is 0 Å². The predicted octanol–water partition coefficient (Wildman–Crippen LogP) is 8.21. The Labute approximate surface area is 135 Å². The number of hydrogen-bond donors (Lipinski definition) is 0. The van der Waals surface area contributed by atoms with Crippen LogP contribution in [0.3, 0.4) is 0 Å². The van der Waals surface area contributed by atoms with Crippen molar-refractivity contribution in [3.05, 3.63) is 12.2 Å². The number of allylic oxidation sites excluding steroid dienone is 2. The van der Waals surface area contributed by atoms with Crippen LogP contribution >= 0.6 is 0 Å². The molecule has 0 unspecified atom stereocenters. The maximum atomic E-state index is 2.38. The molecule has 0 aliphatic carbocycles. The Bertz CT molecular complexity index is 192. The fraction of sp³-hybridized carbons (Fsp3) is 0.905. The Hall–Kier alpha value is -0.260. The average molecular weight is 295 g/mol. The van der Waals surface area contributed by atoms with Gasteiger partial charge in [0.15, 0.2) is 0 Å². The molecule has 0 saturated carbocycles. The molecule has 0 atom stereocenters. The van der Waals surface area contributed by atoms with Gasteiger partial charge >= 0.3 is 0 Å². The molecule has 0 fully saturated rings. The van der Waals surface area contributed by atoms with Crippen LogP contribution in [0.4, 0.5) is 0 Å². The van der Waals surface area contributed by atoms with Gasteiger partial charge in [-0.05, 0) is 19.3 Å². The van der Waals surface area contributed by atoms with Crippen LogP contribution in [0.2, 0.25) is 0 Å². The van der Waals surface area contributed by atoms with E-state index in [-0.39, 0.29) is 0 Å². The third kappa shape index (κ3) is 19.7. The molecule has 0 bridgehead atoms. The predicted molar refractivity (Wildman–Crippen MR) is 99.0 cm³/mol. The van der Waals surface area contributed by atoms with Crippen LogP contribution in [0.1, 0.15) is 123 Å². The molecule has 0 heteroatoms. The van der Waals surface area contributed by atoms with Gasteiger partial charge < -0.3 is 0 Å².